The van der Waals surface area contributed by atoms with Crippen molar-refractivity contribution in [2.24, 2.45) is 0 Å². The first kappa shape index (κ1) is 20.9. The summed E-state index contributed by atoms with van der Waals surface area (Å²) in [5.74, 6) is -0.835. The van der Waals surface area contributed by atoms with E-state index in [1.165, 1.54) is 16.9 Å². The van der Waals surface area contributed by atoms with Gasteiger partial charge < -0.3 is 4.74 Å². The maximum Gasteiger partial charge on any atom is 0.248 e. The molecule has 4 rings (SSSR count). The zero-order valence-corrected chi connectivity index (χ0v) is 17.9. The van der Waals surface area contributed by atoms with E-state index in [9.17, 15) is 14.4 Å². The Hall–Kier alpha value is -2.36. The topological polar surface area (TPSA) is 83.1 Å². The standard InChI is InChI=1S/C21H26N4O4S/c1-2-15-3-4-16-17(13-15)30-21(22-16)24(8-7-23-9-11-29-12-10-23)20(28)14-25-18(26)5-6-19(25)27/h3-4,13H,2,5-12,14H2,1H3. The van der Waals surface area contributed by atoms with E-state index in [1.807, 2.05) is 12.1 Å². The molecule has 0 saturated carbocycles. The lowest BCUT2D eigenvalue weighted by atomic mass is 10.2. The Balaban J connectivity index is 1.56. The number of likely N-dealkylation sites (tertiary alicyclic amines) is 1. The molecule has 160 valence electrons. The first-order chi connectivity index (χ1) is 14.5. The van der Waals surface area contributed by atoms with Gasteiger partial charge in [-0.25, -0.2) is 4.98 Å². The predicted octanol–water partition coefficient (Wildman–Crippen LogP) is 1.67. The maximum atomic E-state index is 13.2. The fraction of sp³-hybridized carbons (Fsp3) is 0.524. The van der Waals surface area contributed by atoms with Crippen molar-refractivity contribution in [1.82, 2.24) is 14.8 Å². The Morgan fingerprint density at radius 1 is 1.20 bits per heavy atom. The number of hydrogen-bond acceptors (Lipinski definition) is 7. The van der Waals surface area contributed by atoms with E-state index in [2.05, 4.69) is 22.9 Å². The molecule has 0 spiro atoms. The number of fused-ring (bicyclic) bond motifs is 1. The molecule has 1 aromatic heterocycles. The van der Waals surface area contributed by atoms with E-state index in [-0.39, 0.29) is 37.1 Å². The third kappa shape index (κ3) is 4.53. The number of imide groups is 1. The van der Waals surface area contributed by atoms with Crippen molar-refractivity contribution in [2.75, 3.05) is 50.8 Å². The highest BCUT2D eigenvalue weighted by atomic mass is 32.1. The molecule has 3 amide bonds. The number of aromatic nitrogens is 1. The molecule has 2 fully saturated rings. The van der Waals surface area contributed by atoms with Crippen LogP contribution in [0.2, 0.25) is 0 Å². The van der Waals surface area contributed by atoms with Gasteiger partial charge in [-0.1, -0.05) is 24.3 Å². The molecule has 2 aliphatic heterocycles. The minimum atomic E-state index is -0.279. The molecule has 0 bridgehead atoms. The van der Waals surface area contributed by atoms with E-state index in [1.54, 1.807) is 4.90 Å². The van der Waals surface area contributed by atoms with Crippen molar-refractivity contribution < 1.29 is 19.1 Å². The molecule has 1 aromatic carbocycles. The van der Waals surface area contributed by atoms with Gasteiger partial charge in [-0.05, 0) is 24.1 Å². The molecule has 3 heterocycles. The molecule has 0 unspecified atom stereocenters. The van der Waals surface area contributed by atoms with Crippen LogP contribution < -0.4 is 4.90 Å². The van der Waals surface area contributed by atoms with Crippen LogP contribution in [0.5, 0.6) is 0 Å². The highest BCUT2D eigenvalue weighted by molar-refractivity contribution is 7.22. The minimum absolute atomic E-state index is 0.181. The number of rotatable bonds is 7. The third-order valence-corrected chi connectivity index (χ3v) is 6.61. The number of carbonyl (C=O) groups excluding carboxylic acids is 3. The molecule has 2 aliphatic rings. The summed E-state index contributed by atoms with van der Waals surface area (Å²) in [6, 6.07) is 6.13. The first-order valence-electron chi connectivity index (χ1n) is 10.4. The number of ether oxygens (including phenoxy) is 1. The highest BCUT2D eigenvalue weighted by Gasteiger charge is 2.33. The van der Waals surface area contributed by atoms with Crippen LogP contribution in [0.25, 0.3) is 10.2 Å². The fourth-order valence-electron chi connectivity index (χ4n) is 3.71. The third-order valence-electron chi connectivity index (χ3n) is 5.57. The van der Waals surface area contributed by atoms with Crippen molar-refractivity contribution in [2.45, 2.75) is 26.2 Å². The van der Waals surface area contributed by atoms with Crippen LogP contribution in [0, 0.1) is 0 Å². The summed E-state index contributed by atoms with van der Waals surface area (Å²) < 4.78 is 6.43. The zero-order valence-electron chi connectivity index (χ0n) is 17.1. The van der Waals surface area contributed by atoms with Gasteiger partial charge in [0.25, 0.3) is 0 Å². The highest BCUT2D eigenvalue weighted by Crippen LogP contribution is 2.30. The fourth-order valence-corrected chi connectivity index (χ4v) is 4.78. The average Bonchev–Trinajstić information content (AvgIpc) is 3.32. The summed E-state index contributed by atoms with van der Waals surface area (Å²) in [7, 11) is 0. The quantitative estimate of drug-likeness (QED) is 0.622. The van der Waals surface area contributed by atoms with Gasteiger partial charge in [0.05, 0.1) is 23.4 Å². The second-order valence-corrected chi connectivity index (χ2v) is 8.53. The van der Waals surface area contributed by atoms with Crippen molar-refractivity contribution in [1.29, 1.82) is 0 Å². The molecule has 9 heteroatoms. The molecule has 2 saturated heterocycles. The van der Waals surface area contributed by atoms with Gasteiger partial charge in [0, 0.05) is 39.0 Å². The van der Waals surface area contributed by atoms with E-state index in [4.69, 9.17) is 4.74 Å². The minimum Gasteiger partial charge on any atom is -0.379 e. The molecular weight excluding hydrogens is 404 g/mol. The Labute approximate surface area is 179 Å². The second kappa shape index (κ2) is 9.20. The van der Waals surface area contributed by atoms with E-state index in [0.717, 1.165) is 34.6 Å². The van der Waals surface area contributed by atoms with Gasteiger partial charge >= 0.3 is 0 Å². The summed E-state index contributed by atoms with van der Waals surface area (Å²) in [6.07, 6.45) is 1.30. The van der Waals surface area contributed by atoms with Crippen molar-refractivity contribution in [3.8, 4) is 0 Å². The Kier molecular flexibility index (Phi) is 6.40. The van der Waals surface area contributed by atoms with Crippen LogP contribution >= 0.6 is 11.3 Å². The van der Waals surface area contributed by atoms with Crippen molar-refractivity contribution in [3.05, 3.63) is 23.8 Å². The lowest BCUT2D eigenvalue weighted by Gasteiger charge is -2.29. The van der Waals surface area contributed by atoms with Crippen molar-refractivity contribution in [3.63, 3.8) is 0 Å². The number of aryl methyl sites for hydroxylation is 1. The maximum absolute atomic E-state index is 13.2. The molecule has 0 atom stereocenters. The number of carbonyl (C=O) groups is 3. The van der Waals surface area contributed by atoms with E-state index >= 15 is 0 Å². The molecule has 30 heavy (non-hydrogen) atoms. The number of thiazole rings is 1. The van der Waals surface area contributed by atoms with Crippen LogP contribution in [0.3, 0.4) is 0 Å². The summed E-state index contributed by atoms with van der Waals surface area (Å²) in [4.78, 5) is 46.8. The molecule has 0 N–H and O–H groups in total. The molecule has 0 aliphatic carbocycles. The Morgan fingerprint density at radius 2 is 1.93 bits per heavy atom. The predicted molar refractivity (Wildman–Crippen MR) is 115 cm³/mol. The van der Waals surface area contributed by atoms with Gasteiger partial charge in [-0.3, -0.25) is 29.1 Å². The number of morpholine rings is 1. The van der Waals surface area contributed by atoms with Crippen molar-refractivity contribution >= 4 is 44.4 Å². The smallest absolute Gasteiger partial charge is 0.248 e. The summed E-state index contributed by atoms with van der Waals surface area (Å²) in [5.41, 5.74) is 2.07. The summed E-state index contributed by atoms with van der Waals surface area (Å²) in [6.45, 7) is 6.04. The number of hydrogen-bond donors (Lipinski definition) is 0. The second-order valence-electron chi connectivity index (χ2n) is 7.53. The molecule has 0 radical (unpaired) electrons. The monoisotopic (exact) mass is 430 g/mol. The Bertz CT molecular complexity index is 938. The van der Waals surface area contributed by atoms with Gasteiger partial charge in [-0.15, -0.1) is 0 Å². The average molecular weight is 431 g/mol. The lowest BCUT2D eigenvalue weighted by molar-refractivity contribution is -0.141. The lowest BCUT2D eigenvalue weighted by Crippen LogP contribution is -2.47. The Morgan fingerprint density at radius 3 is 2.63 bits per heavy atom. The number of nitrogens with zero attached hydrogens (tertiary/aromatic N) is 4. The van der Waals surface area contributed by atoms with Gasteiger partial charge in [0.1, 0.15) is 6.54 Å². The van der Waals surface area contributed by atoms with Gasteiger partial charge in [0.15, 0.2) is 5.13 Å². The van der Waals surface area contributed by atoms with Crippen LogP contribution in [0.4, 0.5) is 5.13 Å². The van der Waals surface area contributed by atoms with Gasteiger partial charge in [0.2, 0.25) is 17.7 Å². The normalized spacial score (nSPS) is 17.8. The van der Waals surface area contributed by atoms with Crippen LogP contribution in [0.15, 0.2) is 18.2 Å². The number of anilines is 1. The van der Waals surface area contributed by atoms with Crippen LogP contribution in [-0.4, -0.2) is 78.4 Å². The SMILES string of the molecule is CCc1ccc2nc(N(CCN3CCOCC3)C(=O)CN3C(=O)CCC3=O)sc2c1. The zero-order chi connectivity index (χ0) is 21.1. The largest absolute Gasteiger partial charge is 0.379 e. The van der Waals surface area contributed by atoms with Gasteiger partial charge in [-0.2, -0.15) is 0 Å². The van der Waals surface area contributed by atoms with E-state index in [0.29, 0.717) is 31.4 Å². The van der Waals surface area contributed by atoms with Crippen LogP contribution in [-0.2, 0) is 25.5 Å². The van der Waals surface area contributed by atoms with E-state index < -0.39 is 0 Å². The first-order valence-corrected chi connectivity index (χ1v) is 11.2. The molecule has 8 nitrogen and oxygen atoms in total. The number of benzene rings is 1. The van der Waals surface area contributed by atoms with Crippen LogP contribution in [0.1, 0.15) is 25.3 Å². The summed E-state index contributed by atoms with van der Waals surface area (Å²) >= 11 is 1.47. The molecule has 2 aromatic rings. The summed E-state index contributed by atoms with van der Waals surface area (Å²) in [5, 5.41) is 0.607. The molecular formula is C21H26N4O4S. The number of amides is 3.